The maximum atomic E-state index is 10.4. The van der Waals surface area contributed by atoms with Gasteiger partial charge < -0.3 is 20.5 Å². The molecule has 2 aromatic rings. The zero-order valence-corrected chi connectivity index (χ0v) is 12.9. The minimum absolute atomic E-state index is 0.371. The van der Waals surface area contributed by atoms with Gasteiger partial charge in [0.25, 0.3) is 0 Å². The molecule has 2 aromatic heterocycles. The molecule has 0 bridgehead atoms. The van der Waals surface area contributed by atoms with Gasteiger partial charge in [0.05, 0.1) is 25.1 Å². The second-order valence-corrected chi connectivity index (χ2v) is 6.62. The third-order valence-electron chi connectivity index (χ3n) is 3.45. The summed E-state index contributed by atoms with van der Waals surface area (Å²) in [5.41, 5.74) is 0.187. The fourth-order valence-corrected chi connectivity index (χ4v) is 3.14. The van der Waals surface area contributed by atoms with E-state index < -0.39 is 5.60 Å². The van der Waals surface area contributed by atoms with Crippen LogP contribution in [0.3, 0.4) is 0 Å². The number of fused-ring (bicyclic) bond motifs is 1. The van der Waals surface area contributed by atoms with E-state index in [0.29, 0.717) is 26.3 Å². The molecule has 116 valence electrons. The van der Waals surface area contributed by atoms with Gasteiger partial charge in [-0.15, -0.1) is 0 Å². The molecule has 1 atom stereocenters. The SMILES string of the molecule is Cc1nn2cc(CCNCC3(O)CNCCOC3)nc2s1. The Morgan fingerprint density at radius 1 is 1.62 bits per heavy atom. The van der Waals surface area contributed by atoms with Gasteiger partial charge in [0, 0.05) is 32.6 Å². The van der Waals surface area contributed by atoms with E-state index in [1.165, 1.54) is 0 Å². The van der Waals surface area contributed by atoms with Crippen molar-refractivity contribution in [3.05, 3.63) is 16.9 Å². The first-order valence-electron chi connectivity index (χ1n) is 7.18. The highest BCUT2D eigenvalue weighted by atomic mass is 32.1. The van der Waals surface area contributed by atoms with Gasteiger partial charge in [0.1, 0.15) is 10.6 Å². The van der Waals surface area contributed by atoms with Crippen LogP contribution in [0.5, 0.6) is 0 Å². The Kier molecular flexibility index (Phi) is 4.51. The average molecular weight is 311 g/mol. The van der Waals surface area contributed by atoms with Gasteiger partial charge in [-0.3, -0.25) is 0 Å². The van der Waals surface area contributed by atoms with Gasteiger partial charge in [0.15, 0.2) is 0 Å². The molecule has 3 rings (SSSR count). The van der Waals surface area contributed by atoms with Crippen molar-refractivity contribution in [1.29, 1.82) is 0 Å². The lowest BCUT2D eigenvalue weighted by atomic mass is 10.1. The van der Waals surface area contributed by atoms with Crippen molar-refractivity contribution < 1.29 is 9.84 Å². The molecule has 0 aliphatic carbocycles. The van der Waals surface area contributed by atoms with E-state index >= 15 is 0 Å². The number of hydrogen-bond acceptors (Lipinski definition) is 7. The van der Waals surface area contributed by atoms with Gasteiger partial charge in [-0.05, 0) is 6.92 Å². The van der Waals surface area contributed by atoms with Gasteiger partial charge in [-0.1, -0.05) is 11.3 Å². The highest BCUT2D eigenvalue weighted by molar-refractivity contribution is 7.16. The molecule has 21 heavy (non-hydrogen) atoms. The van der Waals surface area contributed by atoms with E-state index in [-0.39, 0.29) is 0 Å². The van der Waals surface area contributed by atoms with Crippen LogP contribution < -0.4 is 10.6 Å². The number of hydrogen-bond donors (Lipinski definition) is 3. The average Bonchev–Trinajstić information content (AvgIpc) is 2.86. The first-order valence-corrected chi connectivity index (χ1v) is 8.00. The number of rotatable bonds is 5. The number of aromatic nitrogens is 3. The van der Waals surface area contributed by atoms with Crippen LogP contribution in [0, 0.1) is 6.92 Å². The monoisotopic (exact) mass is 311 g/mol. The minimum Gasteiger partial charge on any atom is -0.385 e. The van der Waals surface area contributed by atoms with E-state index in [0.717, 1.165) is 35.2 Å². The summed E-state index contributed by atoms with van der Waals surface area (Å²) in [6.45, 7) is 5.63. The lowest BCUT2D eigenvalue weighted by Gasteiger charge is -2.26. The smallest absolute Gasteiger partial charge is 0.212 e. The van der Waals surface area contributed by atoms with Crippen LogP contribution >= 0.6 is 11.3 Å². The van der Waals surface area contributed by atoms with Crippen molar-refractivity contribution in [2.45, 2.75) is 18.9 Å². The van der Waals surface area contributed by atoms with E-state index in [1.807, 2.05) is 17.6 Å². The Hall–Kier alpha value is -1.06. The van der Waals surface area contributed by atoms with Crippen LogP contribution in [0.4, 0.5) is 0 Å². The van der Waals surface area contributed by atoms with Crippen LogP contribution in [0.25, 0.3) is 4.96 Å². The van der Waals surface area contributed by atoms with Crippen LogP contribution in [0.1, 0.15) is 10.7 Å². The molecule has 1 unspecified atom stereocenters. The molecule has 7 nitrogen and oxygen atoms in total. The van der Waals surface area contributed by atoms with Crippen molar-refractivity contribution in [3.8, 4) is 0 Å². The zero-order chi connectivity index (χ0) is 14.7. The zero-order valence-electron chi connectivity index (χ0n) is 12.1. The number of aliphatic hydroxyl groups is 1. The summed E-state index contributed by atoms with van der Waals surface area (Å²) in [5, 5.41) is 22.2. The Bertz CT molecular complexity index is 557. The highest BCUT2D eigenvalue weighted by Crippen LogP contribution is 2.13. The largest absolute Gasteiger partial charge is 0.385 e. The molecule has 8 heteroatoms. The predicted octanol–water partition coefficient (Wildman–Crippen LogP) is -0.418. The third-order valence-corrected chi connectivity index (χ3v) is 4.29. The Balaban J connectivity index is 1.45. The van der Waals surface area contributed by atoms with Crippen molar-refractivity contribution in [2.24, 2.45) is 0 Å². The predicted molar refractivity (Wildman–Crippen MR) is 80.8 cm³/mol. The number of nitrogens with zero attached hydrogens (tertiary/aromatic N) is 3. The lowest BCUT2D eigenvalue weighted by molar-refractivity contribution is -0.0260. The van der Waals surface area contributed by atoms with Crippen molar-refractivity contribution >= 4 is 16.3 Å². The summed E-state index contributed by atoms with van der Waals surface area (Å²) in [6.07, 6.45) is 2.78. The number of imidazole rings is 1. The second kappa shape index (κ2) is 6.37. The lowest BCUT2D eigenvalue weighted by Crippen LogP contribution is -2.50. The van der Waals surface area contributed by atoms with Crippen LogP contribution in [-0.2, 0) is 11.2 Å². The molecule has 1 aliphatic rings. The van der Waals surface area contributed by atoms with E-state index in [9.17, 15) is 5.11 Å². The summed E-state index contributed by atoms with van der Waals surface area (Å²) >= 11 is 1.59. The summed E-state index contributed by atoms with van der Waals surface area (Å²) < 4.78 is 7.22. The molecule has 1 saturated heterocycles. The summed E-state index contributed by atoms with van der Waals surface area (Å²) in [4.78, 5) is 5.46. The van der Waals surface area contributed by atoms with E-state index in [4.69, 9.17) is 4.74 Å². The highest BCUT2D eigenvalue weighted by Gasteiger charge is 2.28. The first kappa shape index (κ1) is 14.9. The number of aryl methyl sites for hydroxylation is 1. The molecule has 1 fully saturated rings. The molecular formula is C13H21N5O2S. The summed E-state index contributed by atoms with van der Waals surface area (Å²) in [6, 6.07) is 0. The number of β-amino-alcohol motifs (C(OH)–C–C–N with tert-alkyl or cyclic N) is 1. The molecule has 0 radical (unpaired) electrons. The molecule has 3 heterocycles. The minimum atomic E-state index is -0.830. The molecule has 0 spiro atoms. The summed E-state index contributed by atoms with van der Waals surface area (Å²) in [5.74, 6) is 0. The van der Waals surface area contributed by atoms with Gasteiger partial charge in [-0.25, -0.2) is 9.50 Å². The Morgan fingerprint density at radius 3 is 3.38 bits per heavy atom. The maximum Gasteiger partial charge on any atom is 0.212 e. The Morgan fingerprint density at radius 2 is 2.52 bits per heavy atom. The van der Waals surface area contributed by atoms with Crippen molar-refractivity contribution in [1.82, 2.24) is 25.2 Å². The fraction of sp³-hybridized carbons (Fsp3) is 0.692. The van der Waals surface area contributed by atoms with E-state index in [1.54, 1.807) is 11.3 Å². The first-order chi connectivity index (χ1) is 10.1. The van der Waals surface area contributed by atoms with Gasteiger partial charge in [-0.2, -0.15) is 5.10 Å². The van der Waals surface area contributed by atoms with Gasteiger partial charge in [0.2, 0.25) is 4.96 Å². The molecule has 0 amide bonds. The summed E-state index contributed by atoms with van der Waals surface area (Å²) in [7, 11) is 0. The Labute approximate surface area is 127 Å². The molecule has 0 aromatic carbocycles. The molecular weight excluding hydrogens is 290 g/mol. The normalized spacial score (nSPS) is 23.5. The molecule has 1 aliphatic heterocycles. The molecule has 0 saturated carbocycles. The van der Waals surface area contributed by atoms with E-state index in [2.05, 4.69) is 20.7 Å². The quantitative estimate of drug-likeness (QED) is 0.651. The van der Waals surface area contributed by atoms with Crippen LogP contribution in [-0.4, -0.2) is 64.7 Å². The number of nitrogens with one attached hydrogen (secondary N) is 2. The standard InChI is InChI=1S/C13H21N5O2S/c1-10-17-18-6-11(16-12(18)21-10)2-3-14-7-13(19)8-15-4-5-20-9-13/h6,14-15,19H,2-5,7-9H2,1H3. The molecule has 3 N–H and O–H groups in total. The number of ether oxygens (including phenoxy) is 1. The fourth-order valence-electron chi connectivity index (χ4n) is 2.39. The topological polar surface area (TPSA) is 83.7 Å². The van der Waals surface area contributed by atoms with Crippen molar-refractivity contribution in [2.75, 3.05) is 39.4 Å². The second-order valence-electron chi connectivity index (χ2n) is 5.46. The van der Waals surface area contributed by atoms with Gasteiger partial charge >= 0.3 is 0 Å². The van der Waals surface area contributed by atoms with Crippen molar-refractivity contribution in [3.63, 3.8) is 0 Å². The van der Waals surface area contributed by atoms with Crippen LogP contribution in [0.15, 0.2) is 6.20 Å². The van der Waals surface area contributed by atoms with Crippen LogP contribution in [0.2, 0.25) is 0 Å². The third kappa shape index (κ3) is 3.78. The maximum absolute atomic E-state index is 10.4.